The Hall–Kier alpha value is -2.71. The van der Waals surface area contributed by atoms with Gasteiger partial charge in [-0.15, -0.1) is 0 Å². The van der Waals surface area contributed by atoms with Crippen LogP contribution in [0.25, 0.3) is 0 Å². The molecule has 1 aliphatic rings. The first-order valence-corrected chi connectivity index (χ1v) is 9.99. The van der Waals surface area contributed by atoms with Gasteiger partial charge in [-0.05, 0) is 38.1 Å². The van der Waals surface area contributed by atoms with Gasteiger partial charge >= 0.3 is 5.97 Å². The molecule has 0 heterocycles. The van der Waals surface area contributed by atoms with Crippen molar-refractivity contribution in [3.8, 4) is 0 Å². The third-order valence-electron chi connectivity index (χ3n) is 4.14. The first-order chi connectivity index (χ1) is 12.9. The lowest BCUT2D eigenvalue weighted by atomic mass is 10.1. The highest BCUT2D eigenvalue weighted by atomic mass is 32.2. The molecule has 1 unspecified atom stereocenters. The van der Waals surface area contributed by atoms with Crippen molar-refractivity contribution in [2.24, 2.45) is 0 Å². The Morgan fingerprint density at radius 1 is 1.07 bits per heavy atom. The van der Waals surface area contributed by atoms with Gasteiger partial charge in [-0.25, -0.2) is 17.9 Å². The highest BCUT2D eigenvalue weighted by Crippen LogP contribution is 2.24. The molecule has 1 saturated carbocycles. The quantitative estimate of drug-likeness (QED) is 0.704. The molecule has 1 aliphatic carbocycles. The Kier molecular flexibility index (Phi) is 5.57. The summed E-state index contributed by atoms with van der Waals surface area (Å²) < 4.78 is 31.5. The fourth-order valence-corrected chi connectivity index (χ4v) is 3.26. The van der Waals surface area contributed by atoms with E-state index >= 15 is 0 Å². The summed E-state index contributed by atoms with van der Waals surface area (Å²) in [7, 11) is -2.41. The molecule has 8 heteroatoms. The summed E-state index contributed by atoms with van der Waals surface area (Å²) in [6.07, 6.45) is 0.708. The van der Waals surface area contributed by atoms with Crippen LogP contribution in [0.3, 0.4) is 0 Å². The van der Waals surface area contributed by atoms with Gasteiger partial charge in [0.15, 0.2) is 0 Å². The molecule has 0 aliphatic heterocycles. The Morgan fingerprint density at radius 2 is 1.78 bits per heavy atom. The molecule has 1 fully saturated rings. The zero-order valence-electron chi connectivity index (χ0n) is 14.7. The predicted molar refractivity (Wildman–Crippen MR) is 98.5 cm³/mol. The number of carbonyl (C=O) groups excluding carboxylic acids is 2. The minimum atomic E-state index is -3.70. The number of esters is 1. The monoisotopic (exact) mass is 388 g/mol. The summed E-state index contributed by atoms with van der Waals surface area (Å²) in [5, 5.41) is 2.83. The maximum atomic E-state index is 12.6. The zero-order valence-corrected chi connectivity index (χ0v) is 15.5. The summed E-state index contributed by atoms with van der Waals surface area (Å²) in [5.41, 5.74) is 0.592. The fourth-order valence-electron chi connectivity index (χ4n) is 2.49. The molecule has 7 nitrogen and oxygen atoms in total. The Labute approximate surface area is 157 Å². The van der Waals surface area contributed by atoms with Crippen molar-refractivity contribution in [1.29, 1.82) is 0 Å². The van der Waals surface area contributed by atoms with Crippen LogP contribution in [0, 0.1) is 0 Å². The smallest absolute Gasteiger partial charge is 0.339 e. The number of rotatable bonds is 7. The van der Waals surface area contributed by atoms with Crippen LogP contribution in [0.1, 0.15) is 34.9 Å². The Morgan fingerprint density at radius 3 is 2.41 bits per heavy atom. The number of amides is 1. The van der Waals surface area contributed by atoms with Crippen molar-refractivity contribution >= 4 is 21.9 Å². The number of hydrogen-bond acceptors (Lipinski definition) is 5. The minimum Gasteiger partial charge on any atom is -0.444 e. The van der Waals surface area contributed by atoms with Crippen molar-refractivity contribution in [2.75, 3.05) is 7.05 Å². The van der Waals surface area contributed by atoms with Gasteiger partial charge in [0.05, 0.1) is 10.5 Å². The third kappa shape index (κ3) is 4.72. The summed E-state index contributed by atoms with van der Waals surface area (Å²) in [6.45, 7) is 0. The van der Waals surface area contributed by atoms with Gasteiger partial charge < -0.3 is 10.1 Å². The molecular formula is C19H20N2O5S. The highest BCUT2D eigenvalue weighted by Gasteiger charge is 2.31. The van der Waals surface area contributed by atoms with E-state index in [2.05, 4.69) is 10.0 Å². The van der Waals surface area contributed by atoms with Crippen LogP contribution in [0.15, 0.2) is 59.5 Å². The van der Waals surface area contributed by atoms with Crippen molar-refractivity contribution < 1.29 is 22.7 Å². The van der Waals surface area contributed by atoms with E-state index in [9.17, 15) is 18.0 Å². The number of hydrogen-bond donors (Lipinski definition) is 2. The van der Waals surface area contributed by atoms with E-state index in [1.165, 1.54) is 31.3 Å². The van der Waals surface area contributed by atoms with Gasteiger partial charge in [0.25, 0.3) is 5.91 Å². The molecule has 2 aromatic carbocycles. The van der Waals surface area contributed by atoms with E-state index in [1.807, 2.05) is 0 Å². The van der Waals surface area contributed by atoms with E-state index in [1.54, 1.807) is 30.3 Å². The topological polar surface area (TPSA) is 102 Å². The van der Waals surface area contributed by atoms with Crippen LogP contribution < -0.4 is 10.0 Å². The van der Waals surface area contributed by atoms with Crippen LogP contribution in [0.4, 0.5) is 0 Å². The second-order valence-corrected chi connectivity index (χ2v) is 8.10. The number of nitrogens with one attached hydrogen (secondary N) is 2. The number of carbonyl (C=O) groups is 2. The summed E-state index contributed by atoms with van der Waals surface area (Å²) in [6, 6.07) is 14.3. The van der Waals surface area contributed by atoms with E-state index < -0.39 is 28.0 Å². The third-order valence-corrected chi connectivity index (χ3v) is 5.55. The zero-order chi connectivity index (χ0) is 19.4. The largest absolute Gasteiger partial charge is 0.444 e. The normalized spacial score (nSPS) is 15.0. The van der Waals surface area contributed by atoms with Crippen molar-refractivity contribution in [1.82, 2.24) is 10.0 Å². The van der Waals surface area contributed by atoms with Crippen molar-refractivity contribution in [3.63, 3.8) is 0 Å². The molecule has 2 aromatic rings. The summed E-state index contributed by atoms with van der Waals surface area (Å²) in [4.78, 5) is 25.1. The average Bonchev–Trinajstić information content (AvgIpc) is 3.50. The molecule has 0 radical (unpaired) electrons. The molecule has 0 saturated heterocycles. The first-order valence-electron chi connectivity index (χ1n) is 8.50. The highest BCUT2D eigenvalue weighted by molar-refractivity contribution is 7.89. The van der Waals surface area contributed by atoms with Gasteiger partial charge in [-0.2, -0.15) is 0 Å². The maximum Gasteiger partial charge on any atom is 0.339 e. The van der Waals surface area contributed by atoms with Crippen LogP contribution in [-0.2, 0) is 19.6 Å². The molecule has 0 bridgehead atoms. The maximum absolute atomic E-state index is 12.6. The number of benzene rings is 2. The molecule has 1 atom stereocenters. The first kappa shape index (κ1) is 19.1. The Balaban J connectivity index is 1.84. The Bertz CT molecular complexity index is 940. The lowest BCUT2D eigenvalue weighted by Gasteiger charge is -2.18. The van der Waals surface area contributed by atoms with Gasteiger partial charge in [-0.1, -0.05) is 36.4 Å². The van der Waals surface area contributed by atoms with E-state index in [0.29, 0.717) is 5.56 Å². The molecule has 3 rings (SSSR count). The average molecular weight is 388 g/mol. The standard InChI is InChI=1S/C19H20N2O5S/c1-20-27(24,25)16-9-5-8-14(12-16)19(23)26-17(13-6-3-2-4-7-13)18(22)21-15-10-11-15/h2-9,12,15,17,20H,10-11H2,1H3,(H,21,22). The summed E-state index contributed by atoms with van der Waals surface area (Å²) in [5.74, 6) is -1.17. The van der Waals surface area contributed by atoms with E-state index in [0.717, 1.165) is 12.8 Å². The van der Waals surface area contributed by atoms with Crippen LogP contribution >= 0.6 is 0 Å². The molecular weight excluding hydrogens is 368 g/mol. The molecule has 1 amide bonds. The molecule has 27 heavy (non-hydrogen) atoms. The molecule has 142 valence electrons. The number of ether oxygens (including phenoxy) is 1. The van der Waals surface area contributed by atoms with Crippen LogP contribution in [0.5, 0.6) is 0 Å². The fraction of sp³-hybridized carbons (Fsp3) is 0.263. The van der Waals surface area contributed by atoms with E-state index in [-0.39, 0.29) is 16.5 Å². The minimum absolute atomic E-state index is 0.0477. The molecule has 0 aromatic heterocycles. The van der Waals surface area contributed by atoms with Crippen LogP contribution in [0.2, 0.25) is 0 Å². The van der Waals surface area contributed by atoms with Gasteiger partial charge in [0.2, 0.25) is 16.1 Å². The van der Waals surface area contributed by atoms with Gasteiger partial charge in [0.1, 0.15) is 0 Å². The number of sulfonamides is 1. The lowest BCUT2D eigenvalue weighted by Crippen LogP contribution is -2.33. The van der Waals surface area contributed by atoms with Crippen LogP contribution in [-0.4, -0.2) is 33.4 Å². The van der Waals surface area contributed by atoms with Gasteiger partial charge in [0, 0.05) is 11.6 Å². The predicted octanol–water partition coefficient (Wildman–Crippen LogP) is 1.77. The van der Waals surface area contributed by atoms with Gasteiger partial charge in [-0.3, -0.25) is 4.79 Å². The van der Waals surface area contributed by atoms with Crippen molar-refractivity contribution in [3.05, 3.63) is 65.7 Å². The molecule has 2 N–H and O–H groups in total. The summed E-state index contributed by atoms with van der Waals surface area (Å²) >= 11 is 0. The SMILES string of the molecule is CNS(=O)(=O)c1cccc(C(=O)OC(C(=O)NC2CC2)c2ccccc2)c1. The second-order valence-electron chi connectivity index (χ2n) is 6.21. The molecule has 0 spiro atoms. The van der Waals surface area contributed by atoms with E-state index in [4.69, 9.17) is 4.74 Å². The lowest BCUT2D eigenvalue weighted by molar-refractivity contribution is -0.130. The van der Waals surface area contributed by atoms with Crippen molar-refractivity contribution in [2.45, 2.75) is 29.9 Å². The second kappa shape index (κ2) is 7.89.